The number of amides is 1. The number of hydrogen-bond acceptors (Lipinski definition) is 6. The second kappa shape index (κ2) is 9.64. The van der Waals surface area contributed by atoms with E-state index in [9.17, 15) is 17.6 Å². The Bertz CT molecular complexity index is 1100. The fourth-order valence-electron chi connectivity index (χ4n) is 4.34. The first-order chi connectivity index (χ1) is 15.7. The molecule has 0 unspecified atom stereocenters. The van der Waals surface area contributed by atoms with Gasteiger partial charge >= 0.3 is 0 Å². The molecule has 1 fully saturated rings. The molecule has 2 aromatic rings. The van der Waals surface area contributed by atoms with Crippen molar-refractivity contribution in [3.05, 3.63) is 47.9 Å². The average molecular weight is 476 g/mol. The molecule has 178 valence electrons. The second-order valence-corrected chi connectivity index (χ2v) is 10.7. The minimum Gasteiger partial charge on any atom is -0.378 e. The van der Waals surface area contributed by atoms with Crippen LogP contribution in [0.2, 0.25) is 0 Å². The van der Waals surface area contributed by atoms with E-state index in [0.29, 0.717) is 37.2 Å². The number of rotatable bonds is 6. The highest BCUT2D eigenvalue weighted by Gasteiger charge is 2.30. The van der Waals surface area contributed by atoms with Gasteiger partial charge < -0.3 is 16.0 Å². The maximum atomic E-state index is 13.1. The molecule has 1 aliphatic carbocycles. The predicted octanol–water partition coefficient (Wildman–Crippen LogP) is 3.16. The van der Waals surface area contributed by atoms with Crippen LogP contribution in [0.1, 0.15) is 51.1 Å². The highest BCUT2D eigenvalue weighted by molar-refractivity contribution is 7.89. The number of halogens is 1. The first kappa shape index (κ1) is 23.4. The molecule has 33 heavy (non-hydrogen) atoms. The molecular formula is C23H30FN5O3S. The zero-order chi connectivity index (χ0) is 23.6. The molecule has 4 rings (SSSR count). The summed E-state index contributed by atoms with van der Waals surface area (Å²) in [7, 11) is -3.72. The quantitative estimate of drug-likeness (QED) is 0.511. The summed E-state index contributed by atoms with van der Waals surface area (Å²) < 4.78 is 41.7. The number of carbonyl (C=O) groups is 1. The summed E-state index contributed by atoms with van der Waals surface area (Å²) in [6.45, 7) is 4.59. The van der Waals surface area contributed by atoms with E-state index in [4.69, 9.17) is 0 Å². The SMILES string of the molecule is C[C@@H]1CNc2ncc(S(=O)(=O)NC3CCC(C(=O)N[C@H](C)c4ccc(F)cc4)CC3)cc2N1. The van der Waals surface area contributed by atoms with Gasteiger partial charge in [-0.25, -0.2) is 22.5 Å². The van der Waals surface area contributed by atoms with E-state index in [-0.39, 0.29) is 40.7 Å². The molecule has 1 aliphatic heterocycles. The van der Waals surface area contributed by atoms with Gasteiger partial charge in [0.1, 0.15) is 16.5 Å². The van der Waals surface area contributed by atoms with Crippen molar-refractivity contribution in [3.8, 4) is 0 Å². The van der Waals surface area contributed by atoms with Crippen molar-refractivity contribution in [2.45, 2.75) is 62.6 Å². The number of carbonyl (C=O) groups excluding carboxylic acids is 1. The largest absolute Gasteiger partial charge is 0.378 e. The molecule has 1 amide bonds. The Morgan fingerprint density at radius 3 is 2.58 bits per heavy atom. The number of fused-ring (bicyclic) bond motifs is 1. The molecule has 0 spiro atoms. The van der Waals surface area contributed by atoms with Crippen LogP contribution in [0.4, 0.5) is 15.9 Å². The maximum absolute atomic E-state index is 13.1. The van der Waals surface area contributed by atoms with Gasteiger partial charge in [-0.2, -0.15) is 0 Å². The third-order valence-electron chi connectivity index (χ3n) is 6.30. The Labute approximate surface area is 193 Å². The summed E-state index contributed by atoms with van der Waals surface area (Å²) in [5.74, 6) is 0.107. The maximum Gasteiger partial charge on any atom is 0.242 e. The molecule has 1 aromatic heterocycles. The van der Waals surface area contributed by atoms with Crippen molar-refractivity contribution in [3.63, 3.8) is 0 Å². The number of nitrogens with one attached hydrogen (secondary N) is 4. The Hall–Kier alpha value is -2.72. The highest BCUT2D eigenvalue weighted by Crippen LogP contribution is 2.29. The second-order valence-electron chi connectivity index (χ2n) is 8.95. The lowest BCUT2D eigenvalue weighted by atomic mass is 9.85. The number of sulfonamides is 1. The summed E-state index contributed by atoms with van der Waals surface area (Å²) in [6.07, 6.45) is 3.72. The Balaban J connectivity index is 1.31. The summed E-state index contributed by atoms with van der Waals surface area (Å²) in [5, 5.41) is 9.40. The molecule has 2 atom stereocenters. The van der Waals surface area contributed by atoms with Gasteiger partial charge in [0.05, 0.1) is 11.7 Å². The van der Waals surface area contributed by atoms with E-state index in [1.165, 1.54) is 18.3 Å². The van der Waals surface area contributed by atoms with Crippen LogP contribution in [0.15, 0.2) is 41.4 Å². The molecular weight excluding hydrogens is 445 g/mol. The van der Waals surface area contributed by atoms with E-state index in [0.717, 1.165) is 12.1 Å². The predicted molar refractivity (Wildman–Crippen MR) is 125 cm³/mol. The van der Waals surface area contributed by atoms with Crippen LogP contribution in [0.5, 0.6) is 0 Å². The first-order valence-corrected chi connectivity index (χ1v) is 12.8. The molecule has 4 N–H and O–H groups in total. The van der Waals surface area contributed by atoms with Crippen molar-refractivity contribution in [1.82, 2.24) is 15.0 Å². The van der Waals surface area contributed by atoms with Crippen molar-refractivity contribution >= 4 is 27.4 Å². The van der Waals surface area contributed by atoms with Crippen LogP contribution in [-0.2, 0) is 14.8 Å². The van der Waals surface area contributed by atoms with Crippen LogP contribution in [0.3, 0.4) is 0 Å². The van der Waals surface area contributed by atoms with Gasteiger partial charge in [-0.1, -0.05) is 12.1 Å². The molecule has 8 nitrogen and oxygen atoms in total. The number of pyridine rings is 1. The number of benzene rings is 1. The van der Waals surface area contributed by atoms with Gasteiger partial charge in [-0.15, -0.1) is 0 Å². The van der Waals surface area contributed by atoms with Crippen molar-refractivity contribution < 1.29 is 17.6 Å². The van der Waals surface area contributed by atoms with Crippen molar-refractivity contribution in [1.29, 1.82) is 0 Å². The van der Waals surface area contributed by atoms with Gasteiger partial charge in [-0.3, -0.25) is 4.79 Å². The monoisotopic (exact) mass is 475 g/mol. The van der Waals surface area contributed by atoms with Gasteiger partial charge in [0.2, 0.25) is 15.9 Å². The number of nitrogens with zero attached hydrogens (tertiary/aromatic N) is 1. The number of aromatic nitrogens is 1. The van der Waals surface area contributed by atoms with Gasteiger partial charge in [-0.05, 0) is 63.3 Å². The minimum absolute atomic E-state index is 0.0558. The fraction of sp³-hybridized carbons (Fsp3) is 0.478. The lowest BCUT2D eigenvalue weighted by Gasteiger charge is -2.29. The van der Waals surface area contributed by atoms with Crippen LogP contribution < -0.4 is 20.7 Å². The molecule has 1 aromatic carbocycles. The van der Waals surface area contributed by atoms with E-state index in [2.05, 4.69) is 25.7 Å². The van der Waals surface area contributed by atoms with Gasteiger partial charge in [0.15, 0.2) is 0 Å². The summed E-state index contributed by atoms with van der Waals surface area (Å²) in [6, 6.07) is 7.40. The zero-order valence-corrected chi connectivity index (χ0v) is 19.6. The van der Waals surface area contributed by atoms with Gasteiger partial charge in [0.25, 0.3) is 0 Å². The van der Waals surface area contributed by atoms with Gasteiger partial charge in [0, 0.05) is 30.7 Å². The molecule has 0 bridgehead atoms. The van der Waals surface area contributed by atoms with Crippen molar-refractivity contribution in [2.24, 2.45) is 5.92 Å². The summed E-state index contributed by atoms with van der Waals surface area (Å²) >= 11 is 0. The van der Waals surface area contributed by atoms with E-state index in [1.54, 1.807) is 18.2 Å². The third-order valence-corrected chi connectivity index (χ3v) is 7.79. The van der Waals surface area contributed by atoms with E-state index < -0.39 is 10.0 Å². The molecule has 0 radical (unpaired) electrons. The molecule has 0 saturated heterocycles. The summed E-state index contributed by atoms with van der Waals surface area (Å²) in [4.78, 5) is 17.0. The summed E-state index contributed by atoms with van der Waals surface area (Å²) in [5.41, 5.74) is 1.51. The average Bonchev–Trinajstić information content (AvgIpc) is 2.79. The zero-order valence-electron chi connectivity index (χ0n) is 18.8. The lowest BCUT2D eigenvalue weighted by Crippen LogP contribution is -2.41. The van der Waals surface area contributed by atoms with Crippen LogP contribution >= 0.6 is 0 Å². The lowest BCUT2D eigenvalue weighted by molar-refractivity contribution is -0.126. The number of anilines is 2. The normalized spacial score (nSPS) is 23.5. The Morgan fingerprint density at radius 1 is 1.18 bits per heavy atom. The van der Waals surface area contributed by atoms with Crippen LogP contribution in [0, 0.1) is 11.7 Å². The van der Waals surface area contributed by atoms with E-state index in [1.807, 2.05) is 13.8 Å². The number of hydrogen-bond donors (Lipinski definition) is 4. The fourth-order valence-corrected chi connectivity index (χ4v) is 5.61. The molecule has 2 aliphatic rings. The third kappa shape index (κ3) is 5.62. The molecule has 10 heteroatoms. The standard InChI is InChI=1S/C23H30FN5O3S/c1-14-12-25-22-21(27-14)11-20(13-26-22)33(31,32)29-19-9-5-17(6-10-19)23(30)28-15(2)16-3-7-18(24)8-4-16/h3-4,7-8,11,13-15,17,19,27,29H,5-6,9-10,12H2,1-2H3,(H,25,26)(H,28,30)/t14-,15-,17?,19?/m1/s1. The smallest absolute Gasteiger partial charge is 0.242 e. The molecule has 1 saturated carbocycles. The molecule has 2 heterocycles. The first-order valence-electron chi connectivity index (χ1n) is 11.3. The topological polar surface area (TPSA) is 112 Å². The van der Waals surface area contributed by atoms with E-state index >= 15 is 0 Å². The minimum atomic E-state index is -3.72. The Kier molecular flexibility index (Phi) is 6.85. The highest BCUT2D eigenvalue weighted by atomic mass is 32.2. The van der Waals surface area contributed by atoms with Crippen LogP contribution in [-0.4, -0.2) is 37.9 Å². The van der Waals surface area contributed by atoms with Crippen molar-refractivity contribution in [2.75, 3.05) is 17.2 Å². The van der Waals surface area contributed by atoms with Crippen LogP contribution in [0.25, 0.3) is 0 Å². The Morgan fingerprint density at radius 2 is 1.88 bits per heavy atom.